The monoisotopic (exact) mass is 152 g/mol. The van der Waals surface area contributed by atoms with Gasteiger partial charge in [-0.15, -0.1) is 0 Å². The molecular weight excluding hydrogens is 143 g/mol. The van der Waals surface area contributed by atoms with E-state index in [-0.39, 0.29) is 11.7 Å². The van der Waals surface area contributed by atoms with Crippen molar-refractivity contribution in [3.05, 3.63) is 35.6 Å². The van der Waals surface area contributed by atoms with Crippen LogP contribution in [0.4, 0.5) is 4.39 Å². The van der Waals surface area contributed by atoms with E-state index in [0.717, 1.165) is 5.56 Å². The Morgan fingerprint density at radius 1 is 1.36 bits per heavy atom. The van der Waals surface area contributed by atoms with Crippen LogP contribution < -0.4 is 5.73 Å². The summed E-state index contributed by atoms with van der Waals surface area (Å²) in [5, 5.41) is 6.97. The van der Waals surface area contributed by atoms with Crippen LogP contribution in [0.2, 0.25) is 0 Å². The molecule has 58 valence electrons. The Morgan fingerprint density at radius 3 is 2.36 bits per heavy atom. The summed E-state index contributed by atoms with van der Waals surface area (Å²) in [5.74, 6) is -0.172. The fraction of sp³-hybridized carbons (Fsp3) is 0.125. The number of benzene rings is 1. The first kappa shape index (κ1) is 7.72. The normalized spacial score (nSPS) is 9.55. The van der Waals surface area contributed by atoms with E-state index in [1.807, 2.05) is 0 Å². The largest absolute Gasteiger partial charge is 0.387 e. The fourth-order valence-corrected chi connectivity index (χ4v) is 0.822. The van der Waals surface area contributed by atoms with E-state index >= 15 is 0 Å². The van der Waals surface area contributed by atoms with E-state index in [1.165, 1.54) is 12.1 Å². The summed E-state index contributed by atoms with van der Waals surface area (Å²) in [6.45, 7) is 0. The van der Waals surface area contributed by atoms with Crippen molar-refractivity contribution >= 4 is 5.84 Å². The Morgan fingerprint density at radius 2 is 1.91 bits per heavy atom. The molecule has 0 unspecified atom stereocenters. The number of halogens is 1. The maximum Gasteiger partial charge on any atom is 0.123 e. The van der Waals surface area contributed by atoms with Crippen molar-refractivity contribution in [1.82, 2.24) is 0 Å². The standard InChI is InChI=1S/C8H9FN2/c9-7-3-1-6(2-4-7)5-8(10)11/h1-4H,5H2,(H3,10,11). The van der Waals surface area contributed by atoms with Gasteiger partial charge >= 0.3 is 0 Å². The van der Waals surface area contributed by atoms with Gasteiger partial charge in [0.2, 0.25) is 0 Å². The van der Waals surface area contributed by atoms with E-state index in [2.05, 4.69) is 0 Å². The summed E-state index contributed by atoms with van der Waals surface area (Å²) >= 11 is 0. The van der Waals surface area contributed by atoms with Gasteiger partial charge in [0.05, 0.1) is 5.84 Å². The Hall–Kier alpha value is -1.38. The van der Waals surface area contributed by atoms with Crippen LogP contribution >= 0.6 is 0 Å². The molecule has 1 aromatic carbocycles. The van der Waals surface area contributed by atoms with Crippen LogP contribution in [-0.2, 0) is 6.42 Å². The second-order valence-electron chi connectivity index (χ2n) is 2.33. The summed E-state index contributed by atoms with van der Waals surface area (Å²) in [4.78, 5) is 0. The highest BCUT2D eigenvalue weighted by molar-refractivity contribution is 5.79. The van der Waals surface area contributed by atoms with E-state index in [0.29, 0.717) is 6.42 Å². The molecule has 0 atom stereocenters. The topological polar surface area (TPSA) is 49.9 Å². The van der Waals surface area contributed by atoms with Gasteiger partial charge in [0.1, 0.15) is 5.82 Å². The van der Waals surface area contributed by atoms with Gasteiger partial charge in [-0.1, -0.05) is 12.1 Å². The third-order valence-corrected chi connectivity index (χ3v) is 1.31. The Labute approximate surface area is 64.4 Å². The Kier molecular flexibility index (Phi) is 2.21. The van der Waals surface area contributed by atoms with E-state index in [1.54, 1.807) is 12.1 Å². The summed E-state index contributed by atoms with van der Waals surface area (Å²) in [7, 11) is 0. The van der Waals surface area contributed by atoms with Gasteiger partial charge in [0.25, 0.3) is 0 Å². The minimum Gasteiger partial charge on any atom is -0.387 e. The predicted octanol–water partition coefficient (Wildman–Crippen LogP) is 1.30. The zero-order valence-corrected chi connectivity index (χ0v) is 5.97. The summed E-state index contributed by atoms with van der Waals surface area (Å²) in [5.41, 5.74) is 6.01. The van der Waals surface area contributed by atoms with Gasteiger partial charge in [0, 0.05) is 6.42 Å². The molecule has 0 saturated heterocycles. The van der Waals surface area contributed by atoms with Crippen LogP contribution in [0.15, 0.2) is 24.3 Å². The number of rotatable bonds is 2. The second kappa shape index (κ2) is 3.14. The molecule has 0 amide bonds. The molecule has 3 N–H and O–H groups in total. The van der Waals surface area contributed by atoms with E-state index in [9.17, 15) is 4.39 Å². The summed E-state index contributed by atoms with van der Waals surface area (Å²) in [6, 6.07) is 5.96. The molecule has 3 heteroatoms. The van der Waals surface area contributed by atoms with E-state index in [4.69, 9.17) is 11.1 Å². The average Bonchev–Trinajstić information content (AvgIpc) is 1.93. The lowest BCUT2D eigenvalue weighted by atomic mass is 10.1. The molecule has 0 bridgehead atoms. The van der Waals surface area contributed by atoms with Crippen molar-refractivity contribution in [2.75, 3.05) is 0 Å². The highest BCUT2D eigenvalue weighted by atomic mass is 19.1. The van der Waals surface area contributed by atoms with Gasteiger partial charge in [-0.05, 0) is 17.7 Å². The molecule has 0 spiro atoms. The van der Waals surface area contributed by atoms with Crippen LogP contribution in [0.5, 0.6) is 0 Å². The van der Waals surface area contributed by atoms with Gasteiger partial charge in [-0.25, -0.2) is 4.39 Å². The molecule has 2 nitrogen and oxygen atoms in total. The number of hydrogen-bond donors (Lipinski definition) is 2. The van der Waals surface area contributed by atoms with Crippen molar-refractivity contribution in [2.24, 2.45) is 5.73 Å². The first-order chi connectivity index (χ1) is 5.18. The molecule has 0 heterocycles. The maximum atomic E-state index is 12.3. The molecule has 11 heavy (non-hydrogen) atoms. The van der Waals surface area contributed by atoms with Gasteiger partial charge < -0.3 is 5.73 Å². The zero-order chi connectivity index (χ0) is 8.27. The van der Waals surface area contributed by atoms with Crippen molar-refractivity contribution in [2.45, 2.75) is 6.42 Å². The molecule has 0 aliphatic carbocycles. The average molecular weight is 152 g/mol. The second-order valence-corrected chi connectivity index (χ2v) is 2.33. The van der Waals surface area contributed by atoms with Crippen LogP contribution in [0.1, 0.15) is 5.56 Å². The maximum absolute atomic E-state index is 12.3. The van der Waals surface area contributed by atoms with E-state index < -0.39 is 0 Å². The van der Waals surface area contributed by atoms with Gasteiger partial charge in [-0.3, -0.25) is 5.41 Å². The number of hydrogen-bond acceptors (Lipinski definition) is 1. The van der Waals surface area contributed by atoms with Gasteiger partial charge in [0.15, 0.2) is 0 Å². The Bertz CT molecular complexity index is 253. The van der Waals surface area contributed by atoms with Crippen molar-refractivity contribution in [1.29, 1.82) is 5.41 Å². The first-order valence-corrected chi connectivity index (χ1v) is 3.26. The first-order valence-electron chi connectivity index (χ1n) is 3.26. The van der Waals surface area contributed by atoms with Crippen LogP contribution in [0, 0.1) is 11.2 Å². The SMILES string of the molecule is N=C(N)Cc1ccc(F)cc1. The van der Waals surface area contributed by atoms with Crippen molar-refractivity contribution < 1.29 is 4.39 Å². The highest BCUT2D eigenvalue weighted by Crippen LogP contribution is 2.02. The summed E-state index contributed by atoms with van der Waals surface area (Å²) in [6.07, 6.45) is 0.389. The number of amidine groups is 1. The van der Waals surface area contributed by atoms with Crippen LogP contribution in [-0.4, -0.2) is 5.84 Å². The molecule has 0 radical (unpaired) electrons. The van der Waals surface area contributed by atoms with Crippen molar-refractivity contribution in [3.8, 4) is 0 Å². The fourth-order valence-electron chi connectivity index (χ4n) is 0.822. The zero-order valence-electron chi connectivity index (χ0n) is 5.97. The lowest BCUT2D eigenvalue weighted by molar-refractivity contribution is 0.627. The van der Waals surface area contributed by atoms with Crippen LogP contribution in [0.25, 0.3) is 0 Å². The molecule has 1 rings (SSSR count). The van der Waals surface area contributed by atoms with Crippen molar-refractivity contribution in [3.63, 3.8) is 0 Å². The molecule has 0 fully saturated rings. The summed E-state index contributed by atoms with van der Waals surface area (Å²) < 4.78 is 12.3. The molecular formula is C8H9FN2. The molecule has 0 aliphatic rings. The molecule has 0 aliphatic heterocycles. The molecule has 0 aromatic heterocycles. The smallest absolute Gasteiger partial charge is 0.123 e. The lowest BCUT2D eigenvalue weighted by Crippen LogP contribution is -2.12. The lowest BCUT2D eigenvalue weighted by Gasteiger charge is -1.97. The Balaban J connectivity index is 2.74. The molecule has 1 aromatic rings. The number of nitrogens with two attached hydrogens (primary N) is 1. The third kappa shape index (κ3) is 2.37. The number of nitrogens with one attached hydrogen (secondary N) is 1. The highest BCUT2D eigenvalue weighted by Gasteiger charge is 1.94. The van der Waals surface area contributed by atoms with Gasteiger partial charge in [-0.2, -0.15) is 0 Å². The quantitative estimate of drug-likeness (QED) is 0.487. The minimum atomic E-state index is -0.266. The predicted molar refractivity (Wildman–Crippen MR) is 42.0 cm³/mol. The minimum absolute atomic E-state index is 0.0941. The molecule has 0 saturated carbocycles. The van der Waals surface area contributed by atoms with Crippen LogP contribution in [0.3, 0.4) is 0 Å². The third-order valence-electron chi connectivity index (χ3n) is 1.31.